The molecular formula is C22H43N3O3. The van der Waals surface area contributed by atoms with E-state index in [1.54, 1.807) is 0 Å². The molecular weight excluding hydrogens is 354 g/mol. The molecule has 3 saturated heterocycles. The van der Waals surface area contributed by atoms with E-state index in [0.717, 1.165) is 58.4 Å². The second-order valence-electron chi connectivity index (χ2n) is 9.39. The molecule has 3 rings (SSSR count). The summed E-state index contributed by atoms with van der Waals surface area (Å²) in [5.74, 6) is 0.750. The van der Waals surface area contributed by atoms with Gasteiger partial charge in [-0.15, -0.1) is 0 Å². The van der Waals surface area contributed by atoms with Gasteiger partial charge in [-0.1, -0.05) is 0 Å². The van der Waals surface area contributed by atoms with Crippen LogP contribution in [0.3, 0.4) is 0 Å². The molecule has 4 atom stereocenters. The smallest absolute Gasteiger partial charge is 0.0678 e. The molecule has 3 aliphatic rings. The maximum atomic E-state index is 5.91. The van der Waals surface area contributed by atoms with Gasteiger partial charge in [0.2, 0.25) is 0 Å². The van der Waals surface area contributed by atoms with Gasteiger partial charge in [0, 0.05) is 45.8 Å². The molecule has 0 aromatic heterocycles. The van der Waals surface area contributed by atoms with Crippen LogP contribution in [-0.2, 0) is 14.2 Å². The highest BCUT2D eigenvalue weighted by Gasteiger charge is 2.26. The van der Waals surface area contributed by atoms with Crippen molar-refractivity contribution in [2.75, 3.05) is 72.1 Å². The van der Waals surface area contributed by atoms with Crippen molar-refractivity contribution in [2.24, 2.45) is 5.92 Å². The van der Waals surface area contributed by atoms with E-state index >= 15 is 0 Å². The molecule has 0 radical (unpaired) electrons. The normalized spacial score (nSPS) is 35.1. The van der Waals surface area contributed by atoms with Gasteiger partial charge in [-0.2, -0.15) is 0 Å². The van der Waals surface area contributed by atoms with E-state index in [9.17, 15) is 0 Å². The van der Waals surface area contributed by atoms with Crippen molar-refractivity contribution >= 4 is 0 Å². The van der Waals surface area contributed by atoms with Crippen molar-refractivity contribution in [3.63, 3.8) is 0 Å². The lowest BCUT2D eigenvalue weighted by atomic mass is 9.98. The number of hydrogen-bond acceptors (Lipinski definition) is 6. The summed E-state index contributed by atoms with van der Waals surface area (Å²) in [6, 6.07) is 0. The number of morpholine rings is 3. The van der Waals surface area contributed by atoms with Crippen LogP contribution in [0.25, 0.3) is 0 Å². The standard InChI is InChI=1S/C22H43N3O3/c1-18-13-24(14-19(2)27-18)7-5-22(17-23-9-11-26-12-10-23)6-8-25-15-20(3)28-21(4)16-25/h18-22H,5-17H2,1-4H3. The maximum absolute atomic E-state index is 5.91. The Hall–Kier alpha value is -0.240. The minimum absolute atomic E-state index is 0.359. The Morgan fingerprint density at radius 2 is 1.11 bits per heavy atom. The molecule has 0 aromatic rings. The summed E-state index contributed by atoms with van der Waals surface area (Å²) >= 11 is 0. The molecule has 6 heteroatoms. The van der Waals surface area contributed by atoms with Gasteiger partial charge >= 0.3 is 0 Å². The first kappa shape index (κ1) is 22.4. The molecule has 164 valence electrons. The molecule has 0 amide bonds. The Labute approximate surface area is 172 Å². The topological polar surface area (TPSA) is 37.4 Å². The molecule has 0 saturated carbocycles. The van der Waals surface area contributed by atoms with Crippen molar-refractivity contribution in [3.05, 3.63) is 0 Å². The summed E-state index contributed by atoms with van der Waals surface area (Å²) in [7, 11) is 0. The minimum Gasteiger partial charge on any atom is -0.379 e. The average molecular weight is 398 g/mol. The summed E-state index contributed by atoms with van der Waals surface area (Å²) in [5.41, 5.74) is 0. The number of rotatable bonds is 8. The molecule has 3 aliphatic heterocycles. The Morgan fingerprint density at radius 1 is 0.679 bits per heavy atom. The fourth-order valence-electron chi connectivity index (χ4n) is 5.14. The Bertz CT molecular complexity index is 397. The quantitative estimate of drug-likeness (QED) is 0.623. The molecule has 28 heavy (non-hydrogen) atoms. The van der Waals surface area contributed by atoms with E-state index in [4.69, 9.17) is 14.2 Å². The fraction of sp³-hybridized carbons (Fsp3) is 1.00. The van der Waals surface area contributed by atoms with Crippen LogP contribution < -0.4 is 0 Å². The van der Waals surface area contributed by atoms with E-state index in [0.29, 0.717) is 24.4 Å². The van der Waals surface area contributed by atoms with Crippen LogP contribution in [0.2, 0.25) is 0 Å². The van der Waals surface area contributed by atoms with Gasteiger partial charge in [0.1, 0.15) is 0 Å². The monoisotopic (exact) mass is 397 g/mol. The Balaban J connectivity index is 1.49. The van der Waals surface area contributed by atoms with E-state index in [-0.39, 0.29) is 0 Å². The lowest BCUT2D eigenvalue weighted by molar-refractivity contribution is -0.0721. The second-order valence-corrected chi connectivity index (χ2v) is 9.39. The molecule has 0 spiro atoms. The van der Waals surface area contributed by atoms with Gasteiger partial charge in [0.05, 0.1) is 37.6 Å². The molecule has 3 heterocycles. The molecule has 3 fully saturated rings. The van der Waals surface area contributed by atoms with Gasteiger partial charge in [-0.05, 0) is 59.5 Å². The number of nitrogens with zero attached hydrogens (tertiary/aromatic N) is 3. The van der Waals surface area contributed by atoms with Gasteiger partial charge in [0.25, 0.3) is 0 Å². The van der Waals surface area contributed by atoms with Crippen LogP contribution in [0.5, 0.6) is 0 Å². The maximum Gasteiger partial charge on any atom is 0.0678 e. The van der Waals surface area contributed by atoms with Gasteiger partial charge in [-0.25, -0.2) is 0 Å². The predicted octanol–water partition coefficient (Wildman–Crippen LogP) is 1.93. The van der Waals surface area contributed by atoms with Crippen LogP contribution in [0.1, 0.15) is 40.5 Å². The number of ether oxygens (including phenoxy) is 3. The van der Waals surface area contributed by atoms with E-state index in [1.807, 2.05) is 0 Å². The van der Waals surface area contributed by atoms with Crippen molar-refractivity contribution in [3.8, 4) is 0 Å². The lowest BCUT2D eigenvalue weighted by Crippen LogP contribution is -2.47. The van der Waals surface area contributed by atoms with Crippen molar-refractivity contribution in [1.29, 1.82) is 0 Å². The third kappa shape index (κ3) is 7.54. The second kappa shape index (κ2) is 11.2. The van der Waals surface area contributed by atoms with Crippen molar-refractivity contribution in [2.45, 2.75) is 65.0 Å². The van der Waals surface area contributed by atoms with Crippen LogP contribution >= 0.6 is 0 Å². The first-order valence-corrected chi connectivity index (χ1v) is 11.5. The largest absolute Gasteiger partial charge is 0.379 e. The molecule has 6 nitrogen and oxygen atoms in total. The first-order chi connectivity index (χ1) is 13.5. The highest BCUT2D eigenvalue weighted by molar-refractivity contribution is 4.78. The SMILES string of the molecule is CC1CN(CCC(CCN2CC(C)OC(C)C2)CN2CCOCC2)CC(C)O1. The van der Waals surface area contributed by atoms with Gasteiger partial charge in [0.15, 0.2) is 0 Å². The van der Waals surface area contributed by atoms with Crippen LogP contribution in [0, 0.1) is 5.92 Å². The molecule has 0 N–H and O–H groups in total. The molecule has 0 bridgehead atoms. The van der Waals surface area contributed by atoms with E-state index in [1.165, 1.54) is 32.5 Å². The summed E-state index contributed by atoms with van der Waals surface area (Å²) < 4.78 is 17.4. The summed E-state index contributed by atoms with van der Waals surface area (Å²) in [5, 5.41) is 0. The summed E-state index contributed by atoms with van der Waals surface area (Å²) in [6.45, 7) is 20.7. The van der Waals surface area contributed by atoms with Crippen LogP contribution in [-0.4, -0.2) is 111 Å². The van der Waals surface area contributed by atoms with E-state index < -0.39 is 0 Å². The highest BCUT2D eigenvalue weighted by Crippen LogP contribution is 2.19. The summed E-state index contributed by atoms with van der Waals surface area (Å²) in [4.78, 5) is 7.84. The fourth-order valence-corrected chi connectivity index (χ4v) is 5.14. The zero-order valence-electron chi connectivity index (χ0n) is 18.6. The first-order valence-electron chi connectivity index (χ1n) is 11.5. The zero-order chi connectivity index (χ0) is 19.9. The summed E-state index contributed by atoms with van der Waals surface area (Å²) in [6.07, 6.45) is 4.00. The lowest BCUT2D eigenvalue weighted by Gasteiger charge is -2.38. The van der Waals surface area contributed by atoms with Gasteiger partial charge < -0.3 is 14.2 Å². The average Bonchev–Trinajstić information content (AvgIpc) is 2.63. The highest BCUT2D eigenvalue weighted by atomic mass is 16.5. The number of hydrogen-bond donors (Lipinski definition) is 0. The Kier molecular flexibility index (Phi) is 9.00. The zero-order valence-corrected chi connectivity index (χ0v) is 18.6. The van der Waals surface area contributed by atoms with E-state index in [2.05, 4.69) is 42.4 Å². The predicted molar refractivity (Wildman–Crippen MR) is 113 cm³/mol. The Morgan fingerprint density at radius 3 is 1.54 bits per heavy atom. The van der Waals surface area contributed by atoms with Crippen molar-refractivity contribution < 1.29 is 14.2 Å². The van der Waals surface area contributed by atoms with Crippen molar-refractivity contribution in [1.82, 2.24) is 14.7 Å². The third-order valence-corrected chi connectivity index (χ3v) is 6.32. The molecule has 0 aromatic carbocycles. The molecule has 4 unspecified atom stereocenters. The minimum atomic E-state index is 0.359. The third-order valence-electron chi connectivity index (χ3n) is 6.32. The van der Waals surface area contributed by atoms with Crippen LogP contribution in [0.15, 0.2) is 0 Å². The molecule has 0 aliphatic carbocycles. The van der Waals surface area contributed by atoms with Gasteiger partial charge in [-0.3, -0.25) is 14.7 Å². The van der Waals surface area contributed by atoms with Crippen LogP contribution in [0.4, 0.5) is 0 Å².